The van der Waals surface area contributed by atoms with Gasteiger partial charge in [-0.3, -0.25) is 0 Å². The van der Waals surface area contributed by atoms with Crippen LogP contribution in [0.4, 0.5) is 4.39 Å². The van der Waals surface area contributed by atoms with Gasteiger partial charge in [0.2, 0.25) is 5.82 Å². The average Bonchev–Trinajstić information content (AvgIpc) is 3.31. The lowest BCUT2D eigenvalue weighted by molar-refractivity contribution is 0.188. The van der Waals surface area contributed by atoms with E-state index in [2.05, 4.69) is 15.5 Å². The highest BCUT2D eigenvalue weighted by Gasteiger charge is 2.34. The fourth-order valence-electron chi connectivity index (χ4n) is 3.95. The predicted molar refractivity (Wildman–Crippen MR) is 132 cm³/mol. The van der Waals surface area contributed by atoms with Crippen LogP contribution in [0.15, 0.2) is 58.8 Å². The number of nitrogens with zero attached hydrogens (tertiary/aromatic N) is 3. The van der Waals surface area contributed by atoms with Crippen molar-refractivity contribution in [3.8, 4) is 17.1 Å². The molecule has 1 atom stereocenters. The molecule has 2 heterocycles. The normalized spacial score (nSPS) is 16.1. The number of nitrogens with one attached hydrogen (secondary N) is 1. The van der Waals surface area contributed by atoms with Gasteiger partial charge in [-0.25, -0.2) is 4.39 Å². The third-order valence-corrected chi connectivity index (χ3v) is 5.93. The second-order valence-electron chi connectivity index (χ2n) is 7.82. The number of hydrogen-bond donors (Lipinski definition) is 1. The quantitative estimate of drug-likeness (QED) is 0.338. The van der Waals surface area contributed by atoms with Crippen LogP contribution < -0.4 is 10.1 Å². The van der Waals surface area contributed by atoms with Crippen molar-refractivity contribution in [2.75, 3.05) is 26.9 Å². The van der Waals surface area contributed by atoms with Crippen molar-refractivity contribution in [1.82, 2.24) is 20.4 Å². The summed E-state index contributed by atoms with van der Waals surface area (Å²) in [5, 5.41) is 8.09. The largest absolute Gasteiger partial charge is 0.494 e. The smallest absolute Gasteiger partial charge is 0.258 e. The van der Waals surface area contributed by atoms with E-state index in [1.807, 2.05) is 49.1 Å². The van der Waals surface area contributed by atoms with Gasteiger partial charge in [0.1, 0.15) is 11.6 Å². The van der Waals surface area contributed by atoms with E-state index in [1.54, 1.807) is 13.2 Å². The molecule has 34 heavy (non-hydrogen) atoms. The van der Waals surface area contributed by atoms with Crippen LogP contribution in [0, 0.1) is 5.82 Å². The van der Waals surface area contributed by atoms with Gasteiger partial charge in [-0.05, 0) is 74.4 Å². The van der Waals surface area contributed by atoms with Gasteiger partial charge in [0, 0.05) is 31.5 Å². The third-order valence-electron chi connectivity index (χ3n) is 5.59. The van der Waals surface area contributed by atoms with E-state index in [0.717, 1.165) is 29.0 Å². The molecule has 1 aliphatic rings. The Hall–Kier alpha value is -3.30. The zero-order valence-electron chi connectivity index (χ0n) is 19.4. The summed E-state index contributed by atoms with van der Waals surface area (Å²) in [5.41, 5.74) is 3.14. The van der Waals surface area contributed by atoms with Crippen LogP contribution >= 0.6 is 12.2 Å². The van der Waals surface area contributed by atoms with E-state index in [4.69, 9.17) is 26.2 Å². The van der Waals surface area contributed by atoms with Crippen LogP contribution in [0.3, 0.4) is 0 Å². The minimum Gasteiger partial charge on any atom is -0.494 e. The molecule has 4 rings (SSSR count). The van der Waals surface area contributed by atoms with Crippen molar-refractivity contribution in [1.29, 1.82) is 0 Å². The van der Waals surface area contributed by atoms with Gasteiger partial charge in [-0.2, -0.15) is 4.98 Å². The minimum atomic E-state index is -0.435. The molecule has 0 saturated heterocycles. The van der Waals surface area contributed by atoms with Gasteiger partial charge in [0.15, 0.2) is 5.11 Å². The van der Waals surface area contributed by atoms with E-state index in [-0.39, 0.29) is 5.82 Å². The number of aromatic nitrogens is 2. The van der Waals surface area contributed by atoms with Gasteiger partial charge in [-0.1, -0.05) is 17.3 Å². The number of ether oxygens (including phenoxy) is 2. The van der Waals surface area contributed by atoms with Gasteiger partial charge in [0.05, 0.1) is 18.2 Å². The van der Waals surface area contributed by atoms with Crippen molar-refractivity contribution in [2.24, 2.45) is 0 Å². The topological polar surface area (TPSA) is 72.7 Å². The maximum Gasteiger partial charge on any atom is 0.258 e. The standard InChI is InChI=1S/C25H27FN4O3S/c1-4-32-20-11-9-17(10-12-20)23-28-24(33-29-23)21-16(2)30(13-6-14-31-3)25(34)27-22(21)18-7-5-8-19(26)15-18/h5,7-12,15,22H,4,6,13-14H2,1-3H3,(H,27,34). The van der Waals surface area contributed by atoms with Gasteiger partial charge in [0.25, 0.3) is 5.89 Å². The summed E-state index contributed by atoms with van der Waals surface area (Å²) in [5.74, 6) is 1.25. The first-order valence-electron chi connectivity index (χ1n) is 11.1. The highest BCUT2D eigenvalue weighted by atomic mass is 32.1. The average molecular weight is 483 g/mol. The van der Waals surface area contributed by atoms with E-state index < -0.39 is 6.04 Å². The van der Waals surface area contributed by atoms with Crippen molar-refractivity contribution in [3.63, 3.8) is 0 Å². The SMILES string of the molecule is CCOc1ccc(-c2noc(C3=C(C)N(CCCOC)C(=S)NC3c3cccc(F)c3)n2)cc1. The van der Waals surface area contributed by atoms with Crippen LogP contribution in [-0.2, 0) is 4.74 Å². The third kappa shape index (κ3) is 5.10. The molecule has 1 N–H and O–H groups in total. The molecule has 7 nitrogen and oxygen atoms in total. The lowest BCUT2D eigenvalue weighted by Crippen LogP contribution is -2.46. The molecule has 1 unspecified atom stereocenters. The van der Waals surface area contributed by atoms with Crippen LogP contribution in [0.2, 0.25) is 0 Å². The molecular weight excluding hydrogens is 455 g/mol. The van der Waals surface area contributed by atoms with E-state index in [9.17, 15) is 4.39 Å². The van der Waals surface area contributed by atoms with Crippen LogP contribution in [-0.4, -0.2) is 47.0 Å². The van der Waals surface area contributed by atoms with E-state index in [1.165, 1.54) is 12.1 Å². The molecule has 2 aromatic carbocycles. The Kier molecular flexibility index (Phi) is 7.54. The maximum absolute atomic E-state index is 14.1. The van der Waals surface area contributed by atoms with Crippen molar-refractivity contribution in [3.05, 3.63) is 71.5 Å². The molecule has 3 aromatic rings. The number of methoxy groups -OCH3 is 1. The van der Waals surface area contributed by atoms with Crippen molar-refractivity contribution < 1.29 is 18.4 Å². The Morgan fingerprint density at radius 2 is 2.00 bits per heavy atom. The van der Waals surface area contributed by atoms with Crippen molar-refractivity contribution in [2.45, 2.75) is 26.3 Å². The predicted octanol–water partition coefficient (Wildman–Crippen LogP) is 4.97. The summed E-state index contributed by atoms with van der Waals surface area (Å²) in [4.78, 5) is 6.67. The monoisotopic (exact) mass is 482 g/mol. The first kappa shape index (κ1) is 23.8. The molecular formula is C25H27FN4O3S. The molecule has 0 spiro atoms. The highest BCUT2D eigenvalue weighted by molar-refractivity contribution is 7.80. The lowest BCUT2D eigenvalue weighted by Gasteiger charge is -2.37. The number of allylic oxidation sites excluding steroid dienone is 1. The fraction of sp³-hybridized carbons (Fsp3) is 0.320. The summed E-state index contributed by atoms with van der Waals surface area (Å²) < 4.78 is 30.5. The Bertz CT molecular complexity index is 1180. The Balaban J connectivity index is 1.73. The van der Waals surface area contributed by atoms with E-state index >= 15 is 0 Å². The summed E-state index contributed by atoms with van der Waals surface area (Å²) in [6, 6.07) is 13.5. The Labute approximate surface area is 203 Å². The first-order valence-corrected chi connectivity index (χ1v) is 11.5. The first-order chi connectivity index (χ1) is 16.5. The Morgan fingerprint density at radius 1 is 1.21 bits per heavy atom. The number of hydrogen-bond acceptors (Lipinski definition) is 6. The molecule has 1 aromatic heterocycles. The number of thiocarbonyl (C=S) groups is 1. The maximum atomic E-state index is 14.1. The van der Waals surface area contributed by atoms with Crippen LogP contribution in [0.5, 0.6) is 5.75 Å². The number of halogens is 1. The van der Waals surface area contributed by atoms with Crippen molar-refractivity contribution >= 4 is 22.9 Å². The molecule has 9 heteroatoms. The molecule has 0 bridgehead atoms. The summed E-state index contributed by atoms with van der Waals surface area (Å²) in [6.45, 7) is 5.76. The second-order valence-corrected chi connectivity index (χ2v) is 8.20. The summed E-state index contributed by atoms with van der Waals surface area (Å²) in [7, 11) is 1.67. The van der Waals surface area contributed by atoms with Gasteiger partial charge in [-0.15, -0.1) is 0 Å². The number of benzene rings is 2. The fourth-order valence-corrected chi connectivity index (χ4v) is 4.29. The second kappa shape index (κ2) is 10.8. The molecule has 0 radical (unpaired) electrons. The molecule has 0 amide bonds. The zero-order chi connectivity index (χ0) is 24.1. The highest BCUT2D eigenvalue weighted by Crippen LogP contribution is 2.37. The molecule has 178 valence electrons. The zero-order valence-corrected chi connectivity index (χ0v) is 20.2. The molecule has 0 aliphatic carbocycles. The Morgan fingerprint density at radius 3 is 2.71 bits per heavy atom. The minimum absolute atomic E-state index is 0.328. The number of rotatable bonds is 9. The molecule has 1 aliphatic heterocycles. The molecule has 0 fully saturated rings. The van der Waals surface area contributed by atoms with E-state index in [0.29, 0.717) is 42.1 Å². The molecule has 0 saturated carbocycles. The van der Waals surface area contributed by atoms with Crippen LogP contribution in [0.1, 0.15) is 37.8 Å². The summed E-state index contributed by atoms with van der Waals surface area (Å²) in [6.07, 6.45) is 0.787. The lowest BCUT2D eigenvalue weighted by atomic mass is 9.94. The van der Waals surface area contributed by atoms with Crippen LogP contribution in [0.25, 0.3) is 17.0 Å². The van der Waals surface area contributed by atoms with Gasteiger partial charge >= 0.3 is 0 Å². The van der Waals surface area contributed by atoms with Gasteiger partial charge < -0.3 is 24.2 Å². The summed E-state index contributed by atoms with van der Waals surface area (Å²) >= 11 is 5.65.